The van der Waals surface area contributed by atoms with E-state index in [4.69, 9.17) is 5.73 Å². The molecule has 108 valence electrons. The standard InChI is InChI=1S/C15H18N2OS.ClH/c1-3-13(14-5-4-8-19-14)17-15(18)12-9-11(16)7-6-10(12)2;/h4-9,13H,3,16H2,1-2H3,(H,17,18);1H. The summed E-state index contributed by atoms with van der Waals surface area (Å²) >= 11 is 1.66. The summed E-state index contributed by atoms with van der Waals surface area (Å²) in [5.41, 5.74) is 7.94. The van der Waals surface area contributed by atoms with Crippen molar-refractivity contribution < 1.29 is 4.79 Å². The Morgan fingerprint density at radius 3 is 2.75 bits per heavy atom. The number of rotatable bonds is 4. The van der Waals surface area contributed by atoms with Crippen LogP contribution in [0.25, 0.3) is 0 Å². The van der Waals surface area contributed by atoms with Crippen molar-refractivity contribution in [3.63, 3.8) is 0 Å². The minimum absolute atomic E-state index is 0. The molecule has 0 aliphatic carbocycles. The number of thiophene rings is 1. The molecule has 1 aromatic carbocycles. The van der Waals surface area contributed by atoms with Crippen LogP contribution in [0.4, 0.5) is 5.69 Å². The number of nitrogens with one attached hydrogen (secondary N) is 1. The van der Waals surface area contributed by atoms with Gasteiger partial charge in [-0.05, 0) is 42.5 Å². The molecule has 3 nitrogen and oxygen atoms in total. The van der Waals surface area contributed by atoms with Gasteiger partial charge >= 0.3 is 0 Å². The number of anilines is 1. The van der Waals surface area contributed by atoms with Gasteiger partial charge in [0, 0.05) is 16.1 Å². The molecule has 0 aliphatic heterocycles. The van der Waals surface area contributed by atoms with Gasteiger partial charge < -0.3 is 11.1 Å². The molecule has 2 aromatic rings. The molecule has 0 radical (unpaired) electrons. The van der Waals surface area contributed by atoms with Crippen LogP contribution in [0.3, 0.4) is 0 Å². The van der Waals surface area contributed by atoms with Crippen LogP contribution in [0.15, 0.2) is 35.7 Å². The lowest BCUT2D eigenvalue weighted by atomic mass is 10.1. The minimum atomic E-state index is -0.0648. The summed E-state index contributed by atoms with van der Waals surface area (Å²) in [5.74, 6) is -0.0648. The summed E-state index contributed by atoms with van der Waals surface area (Å²) in [6, 6.07) is 9.52. The predicted octanol–water partition coefficient (Wildman–Crippen LogP) is 3.94. The molecule has 1 unspecified atom stereocenters. The molecule has 0 saturated heterocycles. The highest BCUT2D eigenvalue weighted by Crippen LogP contribution is 2.22. The molecule has 3 N–H and O–H groups in total. The quantitative estimate of drug-likeness (QED) is 0.840. The molecule has 5 heteroatoms. The Bertz CT molecular complexity index is 569. The number of carbonyl (C=O) groups is 1. The van der Waals surface area contributed by atoms with Crippen molar-refractivity contribution >= 4 is 35.3 Å². The highest BCUT2D eigenvalue weighted by molar-refractivity contribution is 7.10. The molecular formula is C15H19ClN2OS. The zero-order valence-electron chi connectivity index (χ0n) is 11.6. The monoisotopic (exact) mass is 310 g/mol. The third-order valence-corrected chi connectivity index (χ3v) is 4.09. The average molecular weight is 311 g/mol. The Kier molecular flexibility index (Phi) is 6.05. The number of carbonyl (C=O) groups excluding carboxylic acids is 1. The number of hydrogen-bond donors (Lipinski definition) is 2. The molecule has 1 aromatic heterocycles. The van der Waals surface area contributed by atoms with E-state index in [2.05, 4.69) is 12.2 Å². The average Bonchev–Trinajstić information content (AvgIpc) is 2.92. The highest BCUT2D eigenvalue weighted by Gasteiger charge is 2.16. The molecule has 1 heterocycles. The second-order valence-electron chi connectivity index (χ2n) is 4.52. The van der Waals surface area contributed by atoms with Crippen LogP contribution in [-0.4, -0.2) is 5.91 Å². The van der Waals surface area contributed by atoms with E-state index in [-0.39, 0.29) is 24.4 Å². The van der Waals surface area contributed by atoms with Crippen LogP contribution >= 0.6 is 23.7 Å². The van der Waals surface area contributed by atoms with E-state index in [9.17, 15) is 4.79 Å². The molecule has 0 aliphatic rings. The zero-order chi connectivity index (χ0) is 13.8. The van der Waals surface area contributed by atoms with E-state index < -0.39 is 0 Å². The molecule has 0 bridgehead atoms. The largest absolute Gasteiger partial charge is 0.399 e. The number of amides is 1. The number of aryl methyl sites for hydroxylation is 1. The summed E-state index contributed by atoms with van der Waals surface area (Å²) in [6.45, 7) is 3.98. The van der Waals surface area contributed by atoms with E-state index >= 15 is 0 Å². The second kappa shape index (κ2) is 7.31. The third kappa shape index (κ3) is 3.74. The molecule has 0 saturated carbocycles. The Balaban J connectivity index is 0.00000200. The van der Waals surface area contributed by atoms with Crippen LogP contribution < -0.4 is 11.1 Å². The van der Waals surface area contributed by atoms with Crippen LogP contribution in [0.5, 0.6) is 0 Å². The van der Waals surface area contributed by atoms with Gasteiger partial charge in [-0.2, -0.15) is 0 Å². The smallest absolute Gasteiger partial charge is 0.252 e. The van der Waals surface area contributed by atoms with Crippen molar-refractivity contribution in [1.29, 1.82) is 0 Å². The van der Waals surface area contributed by atoms with Crippen LogP contribution in [0.2, 0.25) is 0 Å². The predicted molar refractivity (Wildman–Crippen MR) is 87.7 cm³/mol. The molecule has 0 fully saturated rings. The first kappa shape index (κ1) is 16.5. The van der Waals surface area contributed by atoms with E-state index in [0.717, 1.165) is 12.0 Å². The fourth-order valence-electron chi connectivity index (χ4n) is 1.98. The summed E-state index contributed by atoms with van der Waals surface area (Å²) in [6.07, 6.45) is 0.869. The van der Waals surface area contributed by atoms with Gasteiger partial charge in [-0.15, -0.1) is 23.7 Å². The molecule has 1 atom stereocenters. The Labute approximate surface area is 129 Å². The van der Waals surface area contributed by atoms with Crippen LogP contribution in [0.1, 0.15) is 40.2 Å². The first-order valence-electron chi connectivity index (χ1n) is 6.32. The number of nitrogens with two attached hydrogens (primary N) is 1. The number of halogens is 1. The summed E-state index contributed by atoms with van der Waals surface area (Å²) in [5, 5.41) is 5.09. The molecular weight excluding hydrogens is 292 g/mol. The number of hydrogen-bond acceptors (Lipinski definition) is 3. The maximum Gasteiger partial charge on any atom is 0.252 e. The van der Waals surface area contributed by atoms with Crippen molar-refractivity contribution in [2.24, 2.45) is 0 Å². The van der Waals surface area contributed by atoms with E-state index in [1.54, 1.807) is 17.4 Å². The van der Waals surface area contributed by atoms with Crippen molar-refractivity contribution in [2.75, 3.05) is 5.73 Å². The zero-order valence-corrected chi connectivity index (χ0v) is 13.2. The van der Waals surface area contributed by atoms with Gasteiger partial charge in [0.15, 0.2) is 0 Å². The van der Waals surface area contributed by atoms with Gasteiger partial charge in [0.2, 0.25) is 0 Å². The van der Waals surface area contributed by atoms with E-state index in [1.807, 2.05) is 36.6 Å². The van der Waals surface area contributed by atoms with Crippen molar-refractivity contribution in [3.05, 3.63) is 51.7 Å². The third-order valence-electron chi connectivity index (χ3n) is 3.11. The SMILES string of the molecule is CCC(NC(=O)c1cc(N)ccc1C)c1cccs1.Cl. The van der Waals surface area contributed by atoms with Crippen molar-refractivity contribution in [3.8, 4) is 0 Å². The van der Waals surface area contributed by atoms with Crippen molar-refractivity contribution in [1.82, 2.24) is 5.32 Å². The molecule has 20 heavy (non-hydrogen) atoms. The van der Waals surface area contributed by atoms with E-state index in [0.29, 0.717) is 11.3 Å². The van der Waals surface area contributed by atoms with Gasteiger partial charge in [-0.1, -0.05) is 19.1 Å². The molecule has 1 amide bonds. The second-order valence-corrected chi connectivity index (χ2v) is 5.50. The van der Waals surface area contributed by atoms with Gasteiger partial charge in [0.1, 0.15) is 0 Å². The summed E-state index contributed by atoms with van der Waals surface area (Å²) in [7, 11) is 0. The minimum Gasteiger partial charge on any atom is -0.399 e. The summed E-state index contributed by atoms with van der Waals surface area (Å²) in [4.78, 5) is 13.5. The molecule has 2 rings (SSSR count). The fraction of sp³-hybridized carbons (Fsp3) is 0.267. The van der Waals surface area contributed by atoms with E-state index in [1.165, 1.54) is 4.88 Å². The topological polar surface area (TPSA) is 55.1 Å². The lowest BCUT2D eigenvalue weighted by Gasteiger charge is -2.16. The van der Waals surface area contributed by atoms with Gasteiger partial charge in [-0.25, -0.2) is 0 Å². The van der Waals surface area contributed by atoms with Crippen LogP contribution in [0, 0.1) is 6.92 Å². The maximum atomic E-state index is 12.3. The van der Waals surface area contributed by atoms with Gasteiger partial charge in [0.25, 0.3) is 5.91 Å². The highest BCUT2D eigenvalue weighted by atomic mass is 35.5. The van der Waals surface area contributed by atoms with Gasteiger partial charge in [0.05, 0.1) is 6.04 Å². The van der Waals surface area contributed by atoms with Crippen LogP contribution in [-0.2, 0) is 0 Å². The Hall–Kier alpha value is -1.52. The number of nitrogen functional groups attached to an aromatic ring is 1. The molecule has 0 spiro atoms. The summed E-state index contributed by atoms with van der Waals surface area (Å²) < 4.78 is 0. The maximum absolute atomic E-state index is 12.3. The first-order chi connectivity index (χ1) is 9.11. The van der Waals surface area contributed by atoms with Gasteiger partial charge in [-0.3, -0.25) is 4.79 Å². The van der Waals surface area contributed by atoms with Crippen molar-refractivity contribution in [2.45, 2.75) is 26.3 Å². The Morgan fingerprint density at radius 2 is 2.15 bits per heavy atom. The fourth-order valence-corrected chi connectivity index (χ4v) is 2.85. The normalized spacial score (nSPS) is 11.5. The Morgan fingerprint density at radius 1 is 1.40 bits per heavy atom. The lowest BCUT2D eigenvalue weighted by molar-refractivity contribution is 0.0935. The first-order valence-corrected chi connectivity index (χ1v) is 7.20. The number of benzene rings is 1. The lowest BCUT2D eigenvalue weighted by Crippen LogP contribution is -2.28.